The lowest BCUT2D eigenvalue weighted by molar-refractivity contribution is -0.139. The largest absolute Gasteiger partial charge is 0.416 e. The van der Waals surface area contributed by atoms with E-state index in [1.807, 2.05) is 4.90 Å². The number of nitrogens with zero attached hydrogens (tertiary/aromatic N) is 3. The molecule has 0 unspecified atom stereocenters. The van der Waals surface area contributed by atoms with Crippen LogP contribution >= 0.6 is 0 Å². The Morgan fingerprint density at radius 1 is 1.36 bits per heavy atom. The van der Waals surface area contributed by atoms with Gasteiger partial charge in [0.2, 0.25) is 5.89 Å². The van der Waals surface area contributed by atoms with E-state index in [0.29, 0.717) is 18.3 Å². The second-order valence-corrected chi connectivity index (χ2v) is 6.38. The number of hydrogen-bond acceptors (Lipinski definition) is 5. The highest BCUT2D eigenvalue weighted by Gasteiger charge is 2.35. The van der Waals surface area contributed by atoms with Crippen molar-refractivity contribution >= 4 is 0 Å². The van der Waals surface area contributed by atoms with Crippen LogP contribution in [-0.2, 0) is 6.18 Å². The molecule has 0 radical (unpaired) electrons. The average Bonchev–Trinajstić information content (AvgIpc) is 3.01. The number of hydrogen-bond donors (Lipinski definition) is 1. The van der Waals surface area contributed by atoms with Crippen LogP contribution in [0.5, 0.6) is 0 Å². The molecular formula is C17H20F3N3O2. The predicted molar refractivity (Wildman–Crippen MR) is 83.9 cm³/mol. The van der Waals surface area contributed by atoms with Crippen molar-refractivity contribution in [2.24, 2.45) is 0 Å². The van der Waals surface area contributed by atoms with Gasteiger partial charge in [0.1, 0.15) is 0 Å². The molecule has 3 rings (SSSR count). The maximum Gasteiger partial charge on any atom is 0.416 e. The lowest BCUT2D eigenvalue weighted by Crippen LogP contribution is -2.37. The number of aromatic nitrogens is 2. The molecule has 8 heteroatoms. The third kappa shape index (κ3) is 4.19. The van der Waals surface area contributed by atoms with Gasteiger partial charge in [-0.2, -0.15) is 18.2 Å². The third-order valence-corrected chi connectivity index (χ3v) is 4.45. The molecule has 1 fully saturated rings. The molecule has 2 heterocycles. The number of aliphatic hydroxyl groups is 1. The van der Waals surface area contributed by atoms with Crippen molar-refractivity contribution in [3.05, 3.63) is 47.1 Å². The van der Waals surface area contributed by atoms with E-state index in [0.717, 1.165) is 25.5 Å². The van der Waals surface area contributed by atoms with Gasteiger partial charge in [0, 0.05) is 13.1 Å². The fourth-order valence-electron chi connectivity index (χ4n) is 3.29. The maximum absolute atomic E-state index is 13.1. The number of likely N-dealkylation sites (tertiary alicyclic amines) is 1. The van der Waals surface area contributed by atoms with E-state index in [4.69, 9.17) is 4.52 Å². The number of aliphatic hydroxyl groups excluding tert-OH is 1. The summed E-state index contributed by atoms with van der Waals surface area (Å²) in [5.41, 5.74) is -0.880. The van der Waals surface area contributed by atoms with Crippen LogP contribution in [-0.4, -0.2) is 39.8 Å². The van der Waals surface area contributed by atoms with Gasteiger partial charge in [0.25, 0.3) is 0 Å². The normalized spacial score (nSPS) is 20.6. The van der Waals surface area contributed by atoms with E-state index in [1.165, 1.54) is 18.2 Å². The summed E-state index contributed by atoms with van der Waals surface area (Å²) in [6.45, 7) is 3.17. The molecule has 1 saturated heterocycles. The van der Waals surface area contributed by atoms with Gasteiger partial charge >= 0.3 is 6.18 Å². The number of alkyl halides is 3. The van der Waals surface area contributed by atoms with Crippen LogP contribution in [0.2, 0.25) is 0 Å². The quantitative estimate of drug-likeness (QED) is 0.912. The van der Waals surface area contributed by atoms with Gasteiger partial charge in [-0.25, -0.2) is 0 Å². The average molecular weight is 355 g/mol. The molecule has 1 aromatic heterocycles. The van der Waals surface area contributed by atoms with Crippen LogP contribution in [0.3, 0.4) is 0 Å². The van der Waals surface area contributed by atoms with Gasteiger partial charge in [-0.3, -0.25) is 4.90 Å². The van der Waals surface area contributed by atoms with Crippen LogP contribution < -0.4 is 0 Å². The van der Waals surface area contributed by atoms with Gasteiger partial charge in [-0.1, -0.05) is 23.4 Å². The van der Waals surface area contributed by atoms with Crippen molar-refractivity contribution in [3.63, 3.8) is 0 Å². The molecule has 0 bridgehead atoms. The fraction of sp³-hybridized carbons (Fsp3) is 0.529. The first-order valence-electron chi connectivity index (χ1n) is 8.21. The minimum absolute atomic E-state index is 0.0417. The first kappa shape index (κ1) is 17.9. The Morgan fingerprint density at radius 3 is 2.80 bits per heavy atom. The van der Waals surface area contributed by atoms with Crippen molar-refractivity contribution < 1.29 is 22.8 Å². The molecule has 1 aromatic carbocycles. The molecule has 2 aromatic rings. The number of aryl methyl sites for hydroxylation is 1. The number of benzene rings is 1. The molecule has 2 atom stereocenters. The molecule has 1 aliphatic rings. The summed E-state index contributed by atoms with van der Waals surface area (Å²) >= 11 is 0. The Balaban J connectivity index is 1.70. The Morgan fingerprint density at radius 2 is 2.12 bits per heavy atom. The number of β-amino-alcohol motifs (C(OH)–C–C–N with tert-alkyl or cyclic N) is 1. The summed E-state index contributed by atoms with van der Waals surface area (Å²) in [6.07, 6.45) is -3.95. The Bertz CT molecular complexity index is 717. The van der Waals surface area contributed by atoms with E-state index >= 15 is 0 Å². The summed E-state index contributed by atoms with van der Waals surface area (Å²) in [6, 6.07) is 5.16. The SMILES string of the molecule is Cc1noc([C@@H]2CCCN(C[C@H](O)c3ccccc3C(F)(F)F)C2)n1. The zero-order valence-electron chi connectivity index (χ0n) is 13.8. The van der Waals surface area contributed by atoms with Crippen molar-refractivity contribution in [2.45, 2.75) is 38.0 Å². The van der Waals surface area contributed by atoms with Crippen LogP contribution in [0, 0.1) is 6.92 Å². The van der Waals surface area contributed by atoms with Crippen LogP contribution in [0.15, 0.2) is 28.8 Å². The fourth-order valence-corrected chi connectivity index (χ4v) is 3.29. The Hall–Kier alpha value is -1.93. The van der Waals surface area contributed by atoms with Gasteiger partial charge in [0.05, 0.1) is 17.6 Å². The first-order chi connectivity index (χ1) is 11.8. The second kappa shape index (κ2) is 7.13. The minimum Gasteiger partial charge on any atom is -0.387 e. The molecule has 1 N–H and O–H groups in total. The smallest absolute Gasteiger partial charge is 0.387 e. The Labute approximate surface area is 143 Å². The van der Waals surface area contributed by atoms with E-state index in [1.54, 1.807) is 6.92 Å². The summed E-state index contributed by atoms with van der Waals surface area (Å²) < 4.78 is 44.6. The molecule has 1 aliphatic heterocycles. The van der Waals surface area contributed by atoms with E-state index < -0.39 is 17.8 Å². The first-order valence-corrected chi connectivity index (χ1v) is 8.21. The molecular weight excluding hydrogens is 335 g/mol. The lowest BCUT2D eigenvalue weighted by atomic mass is 9.96. The topological polar surface area (TPSA) is 62.4 Å². The van der Waals surface area contributed by atoms with Crippen molar-refractivity contribution in [3.8, 4) is 0 Å². The third-order valence-electron chi connectivity index (χ3n) is 4.45. The molecule has 0 saturated carbocycles. The highest BCUT2D eigenvalue weighted by molar-refractivity contribution is 5.31. The van der Waals surface area contributed by atoms with Crippen LogP contribution in [0.1, 0.15) is 47.7 Å². The standard InChI is InChI=1S/C17H20F3N3O2/c1-11-21-16(25-22-11)12-5-4-8-23(9-12)10-15(24)13-6-2-3-7-14(13)17(18,19)20/h2-3,6-7,12,15,24H,4-5,8-10H2,1H3/t12-,15+/m1/s1. The molecule has 136 valence electrons. The monoisotopic (exact) mass is 355 g/mol. The molecule has 0 spiro atoms. The zero-order chi connectivity index (χ0) is 18.0. The summed E-state index contributed by atoms with van der Waals surface area (Å²) in [7, 11) is 0. The van der Waals surface area contributed by atoms with Gasteiger partial charge < -0.3 is 9.63 Å². The summed E-state index contributed by atoms with van der Waals surface area (Å²) in [4.78, 5) is 6.19. The number of halogens is 3. The van der Waals surface area contributed by atoms with Gasteiger partial charge in [-0.15, -0.1) is 0 Å². The maximum atomic E-state index is 13.1. The van der Waals surface area contributed by atoms with Crippen molar-refractivity contribution in [1.29, 1.82) is 0 Å². The highest BCUT2D eigenvalue weighted by Crippen LogP contribution is 2.35. The van der Waals surface area contributed by atoms with Crippen LogP contribution in [0.25, 0.3) is 0 Å². The zero-order valence-corrected chi connectivity index (χ0v) is 13.8. The minimum atomic E-state index is -4.48. The number of piperidine rings is 1. The second-order valence-electron chi connectivity index (χ2n) is 6.38. The number of rotatable bonds is 4. The van der Waals surface area contributed by atoms with Crippen molar-refractivity contribution in [1.82, 2.24) is 15.0 Å². The highest BCUT2D eigenvalue weighted by atomic mass is 19.4. The molecule has 25 heavy (non-hydrogen) atoms. The van der Waals surface area contributed by atoms with Gasteiger partial charge in [0.15, 0.2) is 5.82 Å². The lowest BCUT2D eigenvalue weighted by Gasteiger charge is -2.32. The Kier molecular flexibility index (Phi) is 5.10. The van der Waals surface area contributed by atoms with Gasteiger partial charge in [-0.05, 0) is 37.9 Å². The molecule has 0 amide bonds. The van der Waals surface area contributed by atoms with E-state index in [-0.39, 0.29) is 18.0 Å². The predicted octanol–water partition coefficient (Wildman–Crippen LogP) is 3.31. The van der Waals surface area contributed by atoms with E-state index in [2.05, 4.69) is 10.1 Å². The van der Waals surface area contributed by atoms with E-state index in [9.17, 15) is 18.3 Å². The molecule has 5 nitrogen and oxygen atoms in total. The summed E-state index contributed by atoms with van der Waals surface area (Å²) in [5, 5.41) is 14.2. The van der Waals surface area contributed by atoms with Crippen LogP contribution in [0.4, 0.5) is 13.2 Å². The molecule has 0 aliphatic carbocycles. The summed E-state index contributed by atoms with van der Waals surface area (Å²) in [5.74, 6) is 1.15. The van der Waals surface area contributed by atoms with Crippen molar-refractivity contribution in [2.75, 3.05) is 19.6 Å².